The summed E-state index contributed by atoms with van der Waals surface area (Å²) >= 11 is 0. The standard InChI is InChI=1S/C17H22N2O4S/c1-13-18-16(17(23-13)19-11-5-3-4-6-12-19)24(20,21)15-9-7-14(22-2)8-10-15/h7-10H,3-6,11-12H2,1-2H3. The molecule has 7 heteroatoms. The van der Waals surface area contributed by atoms with Crippen LogP contribution in [0.3, 0.4) is 0 Å². The first kappa shape index (κ1) is 16.8. The lowest BCUT2D eigenvalue weighted by atomic mass is 10.2. The Morgan fingerprint density at radius 2 is 1.71 bits per heavy atom. The van der Waals surface area contributed by atoms with Crippen molar-refractivity contribution in [1.29, 1.82) is 0 Å². The molecule has 130 valence electrons. The molecule has 1 aromatic carbocycles. The fraction of sp³-hybridized carbons (Fsp3) is 0.471. The molecule has 6 nitrogen and oxygen atoms in total. The summed E-state index contributed by atoms with van der Waals surface area (Å²) in [7, 11) is -2.19. The van der Waals surface area contributed by atoms with Crippen molar-refractivity contribution in [2.45, 2.75) is 42.5 Å². The number of anilines is 1. The van der Waals surface area contributed by atoms with Gasteiger partial charge in [0.1, 0.15) is 5.75 Å². The number of ether oxygens (including phenoxy) is 1. The number of hydrogen-bond acceptors (Lipinski definition) is 6. The van der Waals surface area contributed by atoms with Crippen LogP contribution in [0.5, 0.6) is 5.75 Å². The predicted molar refractivity (Wildman–Crippen MR) is 90.4 cm³/mol. The van der Waals surface area contributed by atoms with Gasteiger partial charge < -0.3 is 14.1 Å². The van der Waals surface area contributed by atoms with Crippen LogP contribution >= 0.6 is 0 Å². The summed E-state index contributed by atoms with van der Waals surface area (Å²) in [5.74, 6) is 1.34. The van der Waals surface area contributed by atoms with E-state index in [2.05, 4.69) is 4.98 Å². The molecule has 2 heterocycles. The summed E-state index contributed by atoms with van der Waals surface area (Å²) < 4.78 is 36.8. The van der Waals surface area contributed by atoms with E-state index in [1.165, 1.54) is 12.1 Å². The normalized spacial score (nSPS) is 16.0. The highest BCUT2D eigenvalue weighted by Gasteiger charge is 2.30. The van der Waals surface area contributed by atoms with E-state index in [0.29, 0.717) is 17.5 Å². The van der Waals surface area contributed by atoms with Gasteiger partial charge in [-0.2, -0.15) is 4.98 Å². The van der Waals surface area contributed by atoms with Gasteiger partial charge in [0, 0.05) is 20.0 Å². The molecule has 1 saturated heterocycles. The van der Waals surface area contributed by atoms with Crippen molar-refractivity contribution in [3.8, 4) is 5.75 Å². The zero-order chi connectivity index (χ0) is 17.2. The minimum absolute atomic E-state index is 0.00654. The summed E-state index contributed by atoms with van der Waals surface area (Å²) in [4.78, 5) is 6.37. The number of benzene rings is 1. The molecular formula is C17H22N2O4S. The first-order valence-corrected chi connectivity index (χ1v) is 9.62. The zero-order valence-electron chi connectivity index (χ0n) is 14.0. The second-order valence-corrected chi connectivity index (χ2v) is 7.79. The van der Waals surface area contributed by atoms with Crippen LogP contribution in [-0.4, -0.2) is 33.6 Å². The van der Waals surface area contributed by atoms with Crippen LogP contribution < -0.4 is 9.64 Å². The van der Waals surface area contributed by atoms with Crippen molar-refractivity contribution in [3.63, 3.8) is 0 Å². The lowest BCUT2D eigenvalue weighted by Gasteiger charge is -2.20. The third-order valence-corrected chi connectivity index (χ3v) is 5.87. The van der Waals surface area contributed by atoms with Crippen LogP contribution in [0.1, 0.15) is 31.6 Å². The van der Waals surface area contributed by atoms with Crippen LogP contribution in [0.15, 0.2) is 38.6 Å². The number of sulfone groups is 1. The third-order valence-electron chi connectivity index (χ3n) is 4.20. The molecule has 24 heavy (non-hydrogen) atoms. The molecule has 3 rings (SSSR count). The van der Waals surface area contributed by atoms with E-state index in [1.54, 1.807) is 26.2 Å². The first-order chi connectivity index (χ1) is 11.5. The van der Waals surface area contributed by atoms with Gasteiger partial charge in [-0.1, -0.05) is 12.8 Å². The molecule has 0 unspecified atom stereocenters. The maximum Gasteiger partial charge on any atom is 0.236 e. The Labute approximate surface area is 142 Å². The van der Waals surface area contributed by atoms with Crippen LogP contribution in [0, 0.1) is 6.92 Å². The summed E-state index contributed by atoms with van der Waals surface area (Å²) in [6, 6.07) is 6.33. The highest BCUT2D eigenvalue weighted by atomic mass is 32.2. The van der Waals surface area contributed by atoms with Gasteiger partial charge in [-0.15, -0.1) is 0 Å². The van der Waals surface area contributed by atoms with Gasteiger partial charge >= 0.3 is 0 Å². The summed E-state index contributed by atoms with van der Waals surface area (Å²) in [5, 5.41) is 0.00654. The SMILES string of the molecule is COc1ccc(S(=O)(=O)c2nc(C)oc2N2CCCCCC2)cc1. The zero-order valence-corrected chi connectivity index (χ0v) is 14.8. The van der Waals surface area contributed by atoms with Crippen molar-refractivity contribution >= 4 is 15.7 Å². The van der Waals surface area contributed by atoms with Gasteiger partial charge in [-0.05, 0) is 37.1 Å². The van der Waals surface area contributed by atoms with E-state index in [0.717, 1.165) is 38.8 Å². The first-order valence-electron chi connectivity index (χ1n) is 8.14. The molecule has 1 aromatic heterocycles. The van der Waals surface area contributed by atoms with Crippen molar-refractivity contribution in [3.05, 3.63) is 30.2 Å². The third kappa shape index (κ3) is 3.26. The van der Waals surface area contributed by atoms with Crippen LogP contribution in [0.2, 0.25) is 0 Å². The molecule has 1 aliphatic heterocycles. The quantitative estimate of drug-likeness (QED) is 0.843. The van der Waals surface area contributed by atoms with E-state index in [4.69, 9.17) is 9.15 Å². The number of nitrogens with zero attached hydrogens (tertiary/aromatic N) is 2. The molecular weight excluding hydrogens is 328 g/mol. The number of rotatable bonds is 4. The highest BCUT2D eigenvalue weighted by molar-refractivity contribution is 7.91. The van der Waals surface area contributed by atoms with Gasteiger partial charge in [-0.25, -0.2) is 8.42 Å². The number of oxazole rings is 1. The molecule has 0 amide bonds. The van der Waals surface area contributed by atoms with Gasteiger partial charge in [-0.3, -0.25) is 0 Å². The molecule has 0 aliphatic carbocycles. The molecule has 1 fully saturated rings. The van der Waals surface area contributed by atoms with Gasteiger partial charge in [0.15, 0.2) is 5.89 Å². The Balaban J connectivity index is 2.00. The fourth-order valence-electron chi connectivity index (χ4n) is 2.91. The van der Waals surface area contributed by atoms with Crippen LogP contribution in [0.4, 0.5) is 5.88 Å². The molecule has 0 saturated carbocycles. The Bertz CT molecular complexity index is 788. The maximum atomic E-state index is 13.0. The van der Waals surface area contributed by atoms with Crippen molar-refractivity contribution < 1.29 is 17.6 Å². The Hall–Kier alpha value is -2.02. The molecule has 2 aromatic rings. The Morgan fingerprint density at radius 1 is 1.08 bits per heavy atom. The summed E-state index contributed by atoms with van der Waals surface area (Å²) in [6.07, 6.45) is 4.37. The molecule has 0 spiro atoms. The van der Waals surface area contributed by atoms with Crippen LogP contribution in [-0.2, 0) is 9.84 Å². The average Bonchev–Trinajstić information content (AvgIpc) is 2.81. The van der Waals surface area contributed by atoms with E-state index in [1.807, 2.05) is 4.90 Å². The molecule has 0 radical (unpaired) electrons. The lowest BCUT2D eigenvalue weighted by molar-refractivity contribution is 0.414. The van der Waals surface area contributed by atoms with E-state index < -0.39 is 9.84 Å². The summed E-state index contributed by atoms with van der Waals surface area (Å²) in [5.41, 5.74) is 0. The number of hydrogen-bond donors (Lipinski definition) is 0. The second-order valence-electron chi connectivity index (χ2n) is 5.92. The number of aromatic nitrogens is 1. The highest BCUT2D eigenvalue weighted by Crippen LogP contribution is 2.32. The topological polar surface area (TPSA) is 72.6 Å². The van der Waals surface area contributed by atoms with Crippen LogP contribution in [0.25, 0.3) is 0 Å². The summed E-state index contributed by atoms with van der Waals surface area (Å²) in [6.45, 7) is 3.26. The molecule has 0 bridgehead atoms. The minimum atomic E-state index is -3.74. The molecule has 0 atom stereocenters. The molecule has 0 N–H and O–H groups in total. The number of aryl methyl sites for hydroxylation is 1. The predicted octanol–water partition coefficient (Wildman–Crippen LogP) is 3.20. The van der Waals surface area contributed by atoms with E-state index >= 15 is 0 Å². The smallest absolute Gasteiger partial charge is 0.236 e. The molecule has 1 aliphatic rings. The fourth-order valence-corrected chi connectivity index (χ4v) is 4.28. The van der Waals surface area contributed by atoms with E-state index in [-0.39, 0.29) is 9.92 Å². The number of methoxy groups -OCH3 is 1. The minimum Gasteiger partial charge on any atom is -0.497 e. The van der Waals surface area contributed by atoms with Gasteiger partial charge in [0.2, 0.25) is 20.7 Å². The largest absolute Gasteiger partial charge is 0.497 e. The second kappa shape index (κ2) is 6.84. The lowest BCUT2D eigenvalue weighted by Crippen LogP contribution is -2.25. The van der Waals surface area contributed by atoms with Gasteiger partial charge in [0.25, 0.3) is 0 Å². The van der Waals surface area contributed by atoms with Gasteiger partial charge in [0.05, 0.1) is 12.0 Å². The van der Waals surface area contributed by atoms with E-state index in [9.17, 15) is 8.42 Å². The van der Waals surface area contributed by atoms with Crippen molar-refractivity contribution in [2.24, 2.45) is 0 Å². The maximum absolute atomic E-state index is 13.0. The van der Waals surface area contributed by atoms with Crippen molar-refractivity contribution in [2.75, 3.05) is 25.1 Å². The Kier molecular flexibility index (Phi) is 4.80. The van der Waals surface area contributed by atoms with Crippen molar-refractivity contribution in [1.82, 2.24) is 4.98 Å². The Morgan fingerprint density at radius 3 is 2.29 bits per heavy atom. The average molecular weight is 350 g/mol. The monoisotopic (exact) mass is 350 g/mol.